The molecule has 2 aromatic carbocycles. The number of fused-ring (bicyclic) bond motifs is 4. The zero-order valence-electron chi connectivity index (χ0n) is 28.4. The van der Waals surface area contributed by atoms with E-state index in [1.54, 1.807) is 0 Å². The van der Waals surface area contributed by atoms with Gasteiger partial charge in [0.2, 0.25) is 5.91 Å². The molecule has 2 aliphatic heterocycles. The summed E-state index contributed by atoms with van der Waals surface area (Å²) in [6.07, 6.45) is 7.27. The molecular formula is C37H47N7O4S. The fraction of sp³-hybridized carbons (Fsp3) is 0.486. The predicted octanol–water partition coefficient (Wildman–Crippen LogP) is 4.33. The number of carbonyl (C=O) groups excluding carboxylic acids is 4. The molecule has 3 atom stereocenters. The Bertz CT molecular complexity index is 1620. The summed E-state index contributed by atoms with van der Waals surface area (Å²) >= 11 is 1.93. The summed E-state index contributed by atoms with van der Waals surface area (Å²) in [4.78, 5) is 52.5. The average Bonchev–Trinajstić information content (AvgIpc) is 3.76. The van der Waals surface area contributed by atoms with E-state index in [-0.39, 0.29) is 30.2 Å². The van der Waals surface area contributed by atoms with Crippen molar-refractivity contribution in [2.24, 2.45) is 0 Å². The second kappa shape index (κ2) is 17.9. The Morgan fingerprint density at radius 1 is 1.02 bits per heavy atom. The Kier molecular flexibility index (Phi) is 13.2. The highest BCUT2D eigenvalue weighted by molar-refractivity contribution is 8.00. The zero-order valence-corrected chi connectivity index (χ0v) is 29.2. The summed E-state index contributed by atoms with van der Waals surface area (Å²) in [6, 6.07) is 17.6. The lowest BCUT2D eigenvalue weighted by Crippen LogP contribution is -2.36. The number of anilines is 1. The Balaban J connectivity index is 0.00000151. The van der Waals surface area contributed by atoms with Crippen LogP contribution in [0.3, 0.4) is 0 Å². The van der Waals surface area contributed by atoms with Crippen LogP contribution in [0.4, 0.5) is 10.6 Å². The monoisotopic (exact) mass is 685 g/mol. The lowest BCUT2D eigenvalue weighted by molar-refractivity contribution is -0.191. The largest absolute Gasteiger partial charge is 0.373 e. The number of nitrogens with one attached hydrogen (secondary N) is 4. The predicted molar refractivity (Wildman–Crippen MR) is 191 cm³/mol. The number of urea groups is 1. The van der Waals surface area contributed by atoms with E-state index in [0.29, 0.717) is 18.2 Å². The van der Waals surface area contributed by atoms with Crippen molar-refractivity contribution >= 4 is 35.7 Å². The molecule has 1 aromatic heterocycles. The maximum Gasteiger partial charge on any atom is 0.373 e. The van der Waals surface area contributed by atoms with Crippen LogP contribution in [0.5, 0.6) is 0 Å². The summed E-state index contributed by atoms with van der Waals surface area (Å²) in [7, 11) is 2.15. The smallest absolute Gasteiger partial charge is 0.369 e. The van der Waals surface area contributed by atoms with Crippen LogP contribution in [0, 0.1) is 6.92 Å². The number of nitrogens with zero attached hydrogens (tertiary/aromatic N) is 3. The van der Waals surface area contributed by atoms with Crippen LogP contribution in [0.25, 0.3) is 11.1 Å². The van der Waals surface area contributed by atoms with Crippen LogP contribution in [0.2, 0.25) is 0 Å². The van der Waals surface area contributed by atoms with E-state index >= 15 is 0 Å². The highest BCUT2D eigenvalue weighted by Crippen LogP contribution is 2.40. The van der Waals surface area contributed by atoms with Crippen molar-refractivity contribution in [1.29, 1.82) is 0 Å². The van der Waals surface area contributed by atoms with Crippen LogP contribution in [-0.4, -0.2) is 89.3 Å². The van der Waals surface area contributed by atoms with Gasteiger partial charge in [0.1, 0.15) is 11.6 Å². The number of aryl methyl sites for hydroxylation is 1. The van der Waals surface area contributed by atoms with E-state index < -0.39 is 0 Å². The minimum atomic E-state index is -0.0399. The molecule has 1 aliphatic carbocycles. The van der Waals surface area contributed by atoms with Crippen LogP contribution in [0.15, 0.2) is 48.5 Å². The maximum atomic E-state index is 12.3. The van der Waals surface area contributed by atoms with Crippen LogP contribution >= 0.6 is 11.8 Å². The third kappa shape index (κ3) is 10.1. The molecule has 260 valence electrons. The van der Waals surface area contributed by atoms with E-state index in [1.165, 1.54) is 22.3 Å². The number of rotatable bonds is 16. The van der Waals surface area contributed by atoms with E-state index in [1.807, 2.05) is 17.8 Å². The molecule has 12 heteroatoms. The standard InChI is InChI=1S/C36H47N7O2S.CO2/c1-24-14-15-27-26(20-24)22-28-33(27)35(41-31(39-28)21-25-10-4-3-5-11-25)38-17-9-19-43(2)18-8-16-37-32(44)13-7-6-12-30-34-29(23-46-30)40-36(45)42-34;2-1-3/h3-5,10-11,14-15,20,29-30,34H,6-9,12-13,16-19,21-23H2,1-2H3,(H,37,44)(H,38,39,41)(H2,40,42,45);/t29?,30-,34?;/m0./s1. The van der Waals surface area contributed by atoms with E-state index in [4.69, 9.17) is 19.6 Å². The van der Waals surface area contributed by atoms with Gasteiger partial charge in [0.25, 0.3) is 0 Å². The van der Waals surface area contributed by atoms with Crippen molar-refractivity contribution in [2.75, 3.05) is 44.3 Å². The summed E-state index contributed by atoms with van der Waals surface area (Å²) in [5, 5.41) is 13.2. The van der Waals surface area contributed by atoms with Crippen molar-refractivity contribution < 1.29 is 19.2 Å². The molecular weight excluding hydrogens is 639 g/mol. The second-order valence-corrected chi connectivity index (χ2v) is 14.3. The highest BCUT2D eigenvalue weighted by Gasteiger charge is 2.42. The maximum absolute atomic E-state index is 12.3. The number of hydrogen-bond acceptors (Lipinski definition) is 9. The van der Waals surface area contributed by atoms with Crippen molar-refractivity contribution in [3.63, 3.8) is 0 Å². The molecule has 0 bridgehead atoms. The molecule has 2 unspecified atom stereocenters. The van der Waals surface area contributed by atoms with Gasteiger partial charge in [-0.25, -0.2) is 14.8 Å². The first kappa shape index (κ1) is 36.0. The molecule has 3 aromatic rings. The van der Waals surface area contributed by atoms with Crippen molar-refractivity contribution in [3.8, 4) is 11.1 Å². The number of amides is 3. The third-order valence-corrected chi connectivity index (χ3v) is 10.8. The summed E-state index contributed by atoms with van der Waals surface area (Å²) in [5.74, 6) is 2.92. The Morgan fingerprint density at radius 3 is 2.59 bits per heavy atom. The molecule has 0 spiro atoms. The second-order valence-electron chi connectivity index (χ2n) is 13.0. The average molecular weight is 686 g/mol. The van der Waals surface area contributed by atoms with Crippen molar-refractivity contribution in [3.05, 3.63) is 76.7 Å². The van der Waals surface area contributed by atoms with Gasteiger partial charge in [0, 0.05) is 48.9 Å². The quantitative estimate of drug-likeness (QED) is 0.100. The van der Waals surface area contributed by atoms with Gasteiger partial charge in [0.05, 0.1) is 17.8 Å². The Morgan fingerprint density at radius 2 is 1.80 bits per heavy atom. The summed E-state index contributed by atoms with van der Waals surface area (Å²) in [5.41, 5.74) is 7.33. The van der Waals surface area contributed by atoms with Gasteiger partial charge in [-0.15, -0.1) is 0 Å². The van der Waals surface area contributed by atoms with Crippen LogP contribution in [-0.2, 0) is 27.2 Å². The van der Waals surface area contributed by atoms with E-state index in [2.05, 4.69) is 82.6 Å². The molecule has 3 heterocycles. The van der Waals surface area contributed by atoms with E-state index in [0.717, 1.165) is 93.2 Å². The van der Waals surface area contributed by atoms with Crippen molar-refractivity contribution in [2.45, 2.75) is 75.6 Å². The number of unbranched alkanes of at least 4 members (excludes halogenated alkanes) is 1. The fourth-order valence-electron chi connectivity index (χ4n) is 6.85. The SMILES string of the molecule is Cc1ccc2c(c1)Cc1nc(Cc3ccccc3)nc(NCCCN(C)CCCNC(=O)CCCC[C@@H]3SCC4NC(=O)NC43)c1-2.O=C=O. The molecule has 2 saturated heterocycles. The molecule has 2 fully saturated rings. The van der Waals surface area contributed by atoms with Gasteiger partial charge in [-0.3, -0.25) is 4.79 Å². The highest BCUT2D eigenvalue weighted by atomic mass is 32.2. The summed E-state index contributed by atoms with van der Waals surface area (Å²) < 4.78 is 0. The molecule has 3 aliphatic rings. The lowest BCUT2D eigenvalue weighted by atomic mass is 10.0. The molecule has 4 N–H and O–H groups in total. The van der Waals surface area contributed by atoms with Gasteiger partial charge in [0.15, 0.2) is 0 Å². The number of thioether (sulfide) groups is 1. The van der Waals surface area contributed by atoms with Crippen molar-refractivity contribution in [1.82, 2.24) is 30.8 Å². The molecule has 6 rings (SSSR count). The number of aromatic nitrogens is 2. The lowest BCUT2D eigenvalue weighted by Gasteiger charge is -2.18. The molecule has 3 amide bonds. The number of benzene rings is 2. The molecule has 49 heavy (non-hydrogen) atoms. The van der Waals surface area contributed by atoms with Gasteiger partial charge in [-0.05, 0) is 69.4 Å². The Hall–Kier alpha value is -4.25. The van der Waals surface area contributed by atoms with Gasteiger partial charge >= 0.3 is 12.2 Å². The molecule has 0 saturated carbocycles. The fourth-order valence-corrected chi connectivity index (χ4v) is 8.40. The first-order valence-electron chi connectivity index (χ1n) is 17.2. The van der Waals surface area contributed by atoms with E-state index in [9.17, 15) is 9.59 Å². The Labute approximate surface area is 292 Å². The zero-order chi connectivity index (χ0) is 34.6. The van der Waals surface area contributed by atoms with Crippen LogP contribution < -0.4 is 21.3 Å². The molecule has 11 nitrogen and oxygen atoms in total. The van der Waals surface area contributed by atoms with Gasteiger partial charge < -0.3 is 26.2 Å². The number of hydrogen-bond donors (Lipinski definition) is 4. The summed E-state index contributed by atoms with van der Waals surface area (Å²) in [6.45, 7) is 5.59. The van der Waals surface area contributed by atoms with Gasteiger partial charge in [-0.1, -0.05) is 60.5 Å². The first-order chi connectivity index (χ1) is 23.8. The number of carbonyl (C=O) groups is 2. The van der Waals surface area contributed by atoms with Gasteiger partial charge in [-0.2, -0.15) is 21.4 Å². The topological polar surface area (TPSA) is 145 Å². The minimum absolute atomic E-state index is 0.0399. The normalized spacial score (nSPS) is 18.3. The first-order valence-corrected chi connectivity index (χ1v) is 18.3. The third-order valence-electron chi connectivity index (χ3n) is 9.25. The van der Waals surface area contributed by atoms with Crippen LogP contribution in [0.1, 0.15) is 66.7 Å². The molecule has 0 radical (unpaired) electrons. The minimum Gasteiger partial charge on any atom is -0.369 e.